The van der Waals surface area contributed by atoms with Crippen LogP contribution in [0.5, 0.6) is 0 Å². The maximum atomic E-state index is 11.8. The van der Waals surface area contributed by atoms with E-state index < -0.39 is 0 Å². The summed E-state index contributed by atoms with van der Waals surface area (Å²) < 4.78 is 11.1. The van der Waals surface area contributed by atoms with E-state index in [0.29, 0.717) is 40.6 Å². The van der Waals surface area contributed by atoms with Gasteiger partial charge in [-0.2, -0.15) is 0 Å². The van der Waals surface area contributed by atoms with Crippen molar-refractivity contribution in [2.75, 3.05) is 6.61 Å². The molecule has 0 atom stereocenters. The number of halogens is 1. The number of aldehydes is 1. The molecule has 0 aromatic heterocycles. The second-order valence-electron chi connectivity index (χ2n) is 4.61. The van der Waals surface area contributed by atoms with Gasteiger partial charge in [0.2, 0.25) is 0 Å². The summed E-state index contributed by atoms with van der Waals surface area (Å²) in [4.78, 5) is 22.7. The maximum absolute atomic E-state index is 11.8. The predicted molar refractivity (Wildman–Crippen MR) is 76.5 cm³/mol. The van der Waals surface area contributed by atoms with Gasteiger partial charge in [-0.15, -0.1) is 0 Å². The molecule has 0 spiro atoms. The monoisotopic (exact) mass is 302 g/mol. The van der Waals surface area contributed by atoms with Crippen molar-refractivity contribution in [3.63, 3.8) is 0 Å². The summed E-state index contributed by atoms with van der Waals surface area (Å²) >= 11 is 5.82. The smallest absolute Gasteiger partial charge is 0.190 e. The summed E-state index contributed by atoms with van der Waals surface area (Å²) in [6.45, 7) is 0.428. The van der Waals surface area contributed by atoms with Gasteiger partial charge in [-0.05, 0) is 29.8 Å². The van der Waals surface area contributed by atoms with Crippen LogP contribution >= 0.6 is 11.6 Å². The molecule has 0 unspecified atom stereocenters. The first-order chi connectivity index (χ1) is 10.2. The van der Waals surface area contributed by atoms with Crippen molar-refractivity contribution < 1.29 is 19.1 Å². The first-order valence-corrected chi connectivity index (χ1v) is 6.72. The standard InChI is InChI=1S/C16H11ClO4/c17-12-3-1-10(2-4-12)8-20-14-6-5-13(19)15-11(7-18)9-21-16(14)15/h1-7H,8-9H2. The van der Waals surface area contributed by atoms with Crippen molar-refractivity contribution in [2.45, 2.75) is 6.61 Å². The molecule has 106 valence electrons. The minimum Gasteiger partial charge on any atom is -0.485 e. The Bertz CT molecular complexity index is 695. The average Bonchev–Trinajstić information content (AvgIpc) is 2.93. The lowest BCUT2D eigenvalue weighted by Crippen LogP contribution is -2.10. The molecule has 3 rings (SSSR count). The van der Waals surface area contributed by atoms with Crippen LogP contribution in [0.2, 0.25) is 5.02 Å². The van der Waals surface area contributed by atoms with E-state index in [9.17, 15) is 9.59 Å². The predicted octanol–water partition coefficient (Wildman–Crippen LogP) is 2.73. The Morgan fingerprint density at radius 3 is 2.71 bits per heavy atom. The van der Waals surface area contributed by atoms with Crippen LogP contribution in [0, 0.1) is 0 Å². The molecule has 1 aromatic rings. The van der Waals surface area contributed by atoms with Gasteiger partial charge in [0.05, 0.1) is 5.57 Å². The molecule has 4 nitrogen and oxygen atoms in total. The Hall–Kier alpha value is -2.33. The lowest BCUT2D eigenvalue weighted by molar-refractivity contribution is -0.112. The Balaban J connectivity index is 1.82. The minimum absolute atomic E-state index is 0.107. The van der Waals surface area contributed by atoms with Gasteiger partial charge in [0, 0.05) is 10.6 Å². The number of hydrogen-bond donors (Lipinski definition) is 0. The van der Waals surface area contributed by atoms with E-state index in [1.165, 1.54) is 6.08 Å². The zero-order chi connectivity index (χ0) is 14.8. The molecule has 1 aliphatic heterocycles. The van der Waals surface area contributed by atoms with Crippen LogP contribution in [0.3, 0.4) is 0 Å². The van der Waals surface area contributed by atoms with Crippen molar-refractivity contribution >= 4 is 23.7 Å². The summed E-state index contributed by atoms with van der Waals surface area (Å²) in [6, 6.07) is 7.27. The number of ether oxygens (including phenoxy) is 2. The van der Waals surface area contributed by atoms with Crippen molar-refractivity contribution in [2.24, 2.45) is 0 Å². The molecule has 0 radical (unpaired) electrons. The van der Waals surface area contributed by atoms with Crippen LogP contribution in [0.15, 0.2) is 59.1 Å². The van der Waals surface area contributed by atoms with E-state index in [1.54, 1.807) is 18.2 Å². The molecule has 21 heavy (non-hydrogen) atoms. The largest absolute Gasteiger partial charge is 0.485 e. The third kappa shape index (κ3) is 2.62. The molecule has 0 saturated heterocycles. The van der Waals surface area contributed by atoms with Crippen molar-refractivity contribution in [1.29, 1.82) is 0 Å². The van der Waals surface area contributed by atoms with E-state index in [-0.39, 0.29) is 12.4 Å². The van der Waals surface area contributed by atoms with Gasteiger partial charge in [0.25, 0.3) is 0 Å². The zero-order valence-electron chi connectivity index (χ0n) is 11.0. The molecular formula is C16H11ClO4. The van der Waals surface area contributed by atoms with E-state index in [0.717, 1.165) is 5.56 Å². The quantitative estimate of drug-likeness (QED) is 0.803. The number of ketones is 1. The lowest BCUT2D eigenvalue weighted by atomic mass is 10.0. The van der Waals surface area contributed by atoms with Crippen molar-refractivity contribution in [1.82, 2.24) is 0 Å². The van der Waals surface area contributed by atoms with Crippen LogP contribution in [-0.4, -0.2) is 18.7 Å². The van der Waals surface area contributed by atoms with Gasteiger partial charge in [0.1, 0.15) is 19.5 Å². The number of carbonyl (C=O) groups excluding carboxylic acids is 2. The molecule has 2 aliphatic rings. The van der Waals surface area contributed by atoms with Crippen LogP contribution < -0.4 is 0 Å². The maximum Gasteiger partial charge on any atom is 0.190 e. The highest BCUT2D eigenvalue weighted by atomic mass is 35.5. The van der Waals surface area contributed by atoms with Gasteiger partial charge < -0.3 is 9.47 Å². The van der Waals surface area contributed by atoms with E-state index >= 15 is 0 Å². The summed E-state index contributed by atoms with van der Waals surface area (Å²) in [7, 11) is 0. The van der Waals surface area contributed by atoms with Crippen molar-refractivity contribution in [3.8, 4) is 0 Å². The third-order valence-corrected chi connectivity index (χ3v) is 3.48. The van der Waals surface area contributed by atoms with Gasteiger partial charge in [-0.25, -0.2) is 0 Å². The highest BCUT2D eigenvalue weighted by Crippen LogP contribution is 2.32. The normalized spacial score (nSPS) is 16.9. The summed E-state index contributed by atoms with van der Waals surface area (Å²) in [6.07, 6.45) is 3.59. The van der Waals surface area contributed by atoms with Gasteiger partial charge in [-0.1, -0.05) is 23.7 Å². The Morgan fingerprint density at radius 2 is 2.00 bits per heavy atom. The Morgan fingerprint density at radius 1 is 1.24 bits per heavy atom. The highest BCUT2D eigenvalue weighted by Gasteiger charge is 2.31. The van der Waals surface area contributed by atoms with Crippen LogP contribution in [0.4, 0.5) is 0 Å². The molecule has 1 aromatic carbocycles. The number of carbonyl (C=O) groups is 2. The van der Waals surface area contributed by atoms with Crippen molar-refractivity contribution in [3.05, 3.63) is 69.7 Å². The van der Waals surface area contributed by atoms with Gasteiger partial charge >= 0.3 is 0 Å². The van der Waals surface area contributed by atoms with Gasteiger partial charge in [0.15, 0.2) is 17.3 Å². The molecule has 0 amide bonds. The first-order valence-electron chi connectivity index (χ1n) is 6.34. The molecule has 0 N–H and O–H groups in total. The number of hydrogen-bond acceptors (Lipinski definition) is 4. The second-order valence-corrected chi connectivity index (χ2v) is 5.05. The van der Waals surface area contributed by atoms with E-state index in [1.807, 2.05) is 12.1 Å². The molecule has 1 aliphatic carbocycles. The van der Waals surface area contributed by atoms with Crippen LogP contribution in [-0.2, 0) is 25.7 Å². The number of rotatable bonds is 4. The fraction of sp³-hybridized carbons (Fsp3) is 0.125. The zero-order valence-corrected chi connectivity index (χ0v) is 11.7. The average molecular weight is 303 g/mol. The second kappa shape index (κ2) is 5.58. The molecular weight excluding hydrogens is 292 g/mol. The molecule has 0 fully saturated rings. The third-order valence-electron chi connectivity index (χ3n) is 3.23. The Kier molecular flexibility index (Phi) is 3.62. The molecule has 0 saturated carbocycles. The van der Waals surface area contributed by atoms with E-state index in [4.69, 9.17) is 21.1 Å². The Labute approximate surface area is 126 Å². The fourth-order valence-corrected chi connectivity index (χ4v) is 2.29. The molecule has 5 heteroatoms. The fourth-order valence-electron chi connectivity index (χ4n) is 2.16. The minimum atomic E-state index is -0.233. The number of fused-ring (bicyclic) bond motifs is 1. The summed E-state index contributed by atoms with van der Waals surface area (Å²) in [5, 5.41) is 0.656. The van der Waals surface area contributed by atoms with E-state index in [2.05, 4.69) is 0 Å². The summed E-state index contributed by atoms with van der Waals surface area (Å²) in [5.41, 5.74) is 1.60. The number of allylic oxidation sites excluding steroid dienone is 3. The number of benzene rings is 1. The lowest BCUT2D eigenvalue weighted by Gasteiger charge is -2.14. The SMILES string of the molecule is O=CC1=C2C(=O)C=CC(OCc3ccc(Cl)cc3)=C2OC1. The van der Waals surface area contributed by atoms with Crippen LogP contribution in [0.1, 0.15) is 5.56 Å². The summed E-state index contributed by atoms with van der Waals surface area (Å²) in [5.74, 6) is 0.568. The molecule has 1 heterocycles. The molecule has 0 bridgehead atoms. The van der Waals surface area contributed by atoms with Crippen LogP contribution in [0.25, 0.3) is 0 Å². The topological polar surface area (TPSA) is 52.6 Å². The van der Waals surface area contributed by atoms with Gasteiger partial charge in [-0.3, -0.25) is 9.59 Å². The first kappa shape index (κ1) is 13.6. The highest BCUT2D eigenvalue weighted by molar-refractivity contribution is 6.30.